The van der Waals surface area contributed by atoms with Crippen LogP contribution in [0.3, 0.4) is 0 Å². The standard InChI is InChI=1S/C14H15BrNO3P/c1-2-18-20(17,19-14-9-4-3-5-10-14)16-13-8-6-7-12(15)11-13/h3-11H,2H2,1H3,(H,16,17). The van der Waals surface area contributed by atoms with E-state index in [0.29, 0.717) is 11.4 Å². The smallest absolute Gasteiger partial charge is 0.409 e. The molecule has 0 aliphatic rings. The Balaban J connectivity index is 2.19. The van der Waals surface area contributed by atoms with Gasteiger partial charge in [-0.25, -0.2) is 4.57 Å². The quantitative estimate of drug-likeness (QED) is 0.733. The molecule has 0 amide bonds. The molecule has 20 heavy (non-hydrogen) atoms. The van der Waals surface area contributed by atoms with Gasteiger partial charge in [-0.2, -0.15) is 0 Å². The van der Waals surface area contributed by atoms with Crippen LogP contribution in [0.4, 0.5) is 5.69 Å². The molecule has 1 atom stereocenters. The van der Waals surface area contributed by atoms with Crippen LogP contribution in [0.5, 0.6) is 5.75 Å². The van der Waals surface area contributed by atoms with Crippen LogP contribution >= 0.6 is 23.7 Å². The van der Waals surface area contributed by atoms with Crippen molar-refractivity contribution in [1.29, 1.82) is 0 Å². The second-order valence-corrected chi connectivity index (χ2v) is 6.52. The summed E-state index contributed by atoms with van der Waals surface area (Å²) >= 11 is 3.36. The summed E-state index contributed by atoms with van der Waals surface area (Å²) in [5.41, 5.74) is 0.659. The average Bonchev–Trinajstić information content (AvgIpc) is 2.39. The topological polar surface area (TPSA) is 47.6 Å². The van der Waals surface area contributed by atoms with Crippen molar-refractivity contribution < 1.29 is 13.6 Å². The van der Waals surface area contributed by atoms with E-state index in [-0.39, 0.29) is 6.61 Å². The molecule has 0 aromatic heterocycles. The SMILES string of the molecule is CCOP(=O)(Nc1cccc(Br)c1)Oc1ccccc1. The fourth-order valence-corrected chi connectivity index (χ4v) is 3.34. The normalized spacial score (nSPS) is 13.5. The highest BCUT2D eigenvalue weighted by Gasteiger charge is 2.26. The van der Waals surface area contributed by atoms with Crippen molar-refractivity contribution in [1.82, 2.24) is 0 Å². The summed E-state index contributed by atoms with van der Waals surface area (Å²) in [5, 5.41) is 2.83. The Bertz CT molecular complexity index is 606. The van der Waals surface area contributed by atoms with Crippen LogP contribution in [0, 0.1) is 0 Å². The molecule has 0 saturated heterocycles. The summed E-state index contributed by atoms with van der Waals surface area (Å²) in [5.74, 6) is 0.492. The van der Waals surface area contributed by atoms with Crippen molar-refractivity contribution in [3.63, 3.8) is 0 Å². The van der Waals surface area contributed by atoms with E-state index >= 15 is 0 Å². The molecule has 0 aliphatic heterocycles. The molecule has 0 spiro atoms. The van der Waals surface area contributed by atoms with Crippen LogP contribution < -0.4 is 9.61 Å². The Morgan fingerprint density at radius 3 is 2.55 bits per heavy atom. The van der Waals surface area contributed by atoms with Gasteiger partial charge in [0.05, 0.1) is 6.61 Å². The zero-order valence-corrected chi connectivity index (χ0v) is 13.4. The van der Waals surface area contributed by atoms with Crippen molar-refractivity contribution in [3.8, 4) is 5.75 Å². The summed E-state index contributed by atoms with van der Waals surface area (Å²) in [6.45, 7) is 2.05. The Labute approximate surface area is 126 Å². The molecule has 1 N–H and O–H groups in total. The Morgan fingerprint density at radius 2 is 1.90 bits per heavy atom. The number of anilines is 1. The number of para-hydroxylation sites is 1. The van der Waals surface area contributed by atoms with Gasteiger partial charge in [0.25, 0.3) is 0 Å². The lowest BCUT2D eigenvalue weighted by Gasteiger charge is -2.20. The van der Waals surface area contributed by atoms with E-state index in [9.17, 15) is 4.57 Å². The number of nitrogens with one attached hydrogen (secondary N) is 1. The Kier molecular flexibility index (Phi) is 5.24. The highest BCUT2D eigenvalue weighted by atomic mass is 79.9. The molecule has 0 fully saturated rings. The third-order valence-corrected chi connectivity index (χ3v) is 4.43. The van der Waals surface area contributed by atoms with E-state index in [1.54, 1.807) is 31.2 Å². The second kappa shape index (κ2) is 6.93. The minimum Gasteiger partial charge on any atom is -0.409 e. The Morgan fingerprint density at radius 1 is 1.15 bits per heavy atom. The third-order valence-electron chi connectivity index (χ3n) is 2.36. The van der Waals surface area contributed by atoms with Gasteiger partial charge in [0.15, 0.2) is 0 Å². The minimum atomic E-state index is -3.45. The van der Waals surface area contributed by atoms with Gasteiger partial charge in [-0.1, -0.05) is 40.2 Å². The Hall–Kier alpha value is -1.29. The summed E-state index contributed by atoms with van der Waals surface area (Å²) in [4.78, 5) is 0. The maximum atomic E-state index is 12.7. The van der Waals surface area contributed by atoms with E-state index < -0.39 is 7.75 Å². The van der Waals surface area contributed by atoms with E-state index in [4.69, 9.17) is 9.05 Å². The van der Waals surface area contributed by atoms with Crippen LogP contribution in [0.15, 0.2) is 59.1 Å². The van der Waals surface area contributed by atoms with Crippen molar-refractivity contribution in [2.75, 3.05) is 11.7 Å². The van der Waals surface area contributed by atoms with Crippen molar-refractivity contribution in [3.05, 3.63) is 59.1 Å². The minimum absolute atomic E-state index is 0.283. The zero-order chi connectivity index (χ0) is 14.4. The van der Waals surface area contributed by atoms with Gasteiger partial charge in [-0.05, 0) is 37.3 Å². The highest BCUT2D eigenvalue weighted by Crippen LogP contribution is 2.48. The van der Waals surface area contributed by atoms with Gasteiger partial charge in [0.2, 0.25) is 0 Å². The monoisotopic (exact) mass is 355 g/mol. The maximum Gasteiger partial charge on any atom is 0.486 e. The summed E-state index contributed by atoms with van der Waals surface area (Å²) in [6, 6.07) is 16.3. The predicted octanol–water partition coefficient (Wildman–Crippen LogP) is 5.08. The molecule has 0 aliphatic carbocycles. The zero-order valence-electron chi connectivity index (χ0n) is 11.0. The van der Waals surface area contributed by atoms with Crippen molar-refractivity contribution in [2.24, 2.45) is 0 Å². The number of hydrogen-bond donors (Lipinski definition) is 1. The molecule has 4 nitrogen and oxygen atoms in total. The number of rotatable bonds is 6. The van der Waals surface area contributed by atoms with Crippen LogP contribution in [-0.2, 0) is 9.09 Å². The first kappa shape index (κ1) is 15.1. The summed E-state index contributed by atoms with van der Waals surface area (Å²) < 4.78 is 24.3. The molecule has 0 radical (unpaired) electrons. The molecule has 6 heteroatoms. The summed E-state index contributed by atoms with van der Waals surface area (Å²) in [6.07, 6.45) is 0. The molecule has 0 saturated carbocycles. The van der Waals surface area contributed by atoms with Crippen LogP contribution in [-0.4, -0.2) is 6.61 Å². The molecular formula is C14H15BrNO3P. The van der Waals surface area contributed by atoms with E-state index in [0.717, 1.165) is 4.47 Å². The molecule has 0 bridgehead atoms. The molecule has 106 valence electrons. The fourth-order valence-electron chi connectivity index (χ4n) is 1.59. The van der Waals surface area contributed by atoms with Gasteiger partial charge in [-0.3, -0.25) is 9.61 Å². The van der Waals surface area contributed by atoms with Gasteiger partial charge >= 0.3 is 7.75 Å². The van der Waals surface area contributed by atoms with Crippen molar-refractivity contribution >= 4 is 29.4 Å². The number of halogens is 1. The number of hydrogen-bond acceptors (Lipinski definition) is 3. The lowest BCUT2D eigenvalue weighted by Crippen LogP contribution is -2.07. The molecule has 2 aromatic carbocycles. The summed E-state index contributed by atoms with van der Waals surface area (Å²) in [7, 11) is -3.45. The van der Waals surface area contributed by atoms with Gasteiger partial charge in [-0.15, -0.1) is 0 Å². The lowest BCUT2D eigenvalue weighted by atomic mass is 10.3. The van der Waals surface area contributed by atoms with Gasteiger partial charge < -0.3 is 4.52 Å². The molecule has 1 unspecified atom stereocenters. The molecule has 0 heterocycles. The molecule has 2 rings (SSSR count). The average molecular weight is 356 g/mol. The van der Waals surface area contributed by atoms with Crippen LogP contribution in [0.1, 0.15) is 6.92 Å². The third kappa shape index (κ3) is 4.37. The van der Waals surface area contributed by atoms with Crippen LogP contribution in [0.25, 0.3) is 0 Å². The lowest BCUT2D eigenvalue weighted by molar-refractivity contribution is 0.284. The van der Waals surface area contributed by atoms with Crippen molar-refractivity contribution in [2.45, 2.75) is 6.92 Å². The first-order valence-corrected chi connectivity index (χ1v) is 8.48. The van der Waals surface area contributed by atoms with E-state index in [1.165, 1.54) is 0 Å². The largest absolute Gasteiger partial charge is 0.486 e. The van der Waals surface area contributed by atoms with Crippen LogP contribution in [0.2, 0.25) is 0 Å². The molecular weight excluding hydrogens is 341 g/mol. The van der Waals surface area contributed by atoms with E-state index in [1.807, 2.05) is 30.3 Å². The van der Waals surface area contributed by atoms with Gasteiger partial charge in [0, 0.05) is 10.2 Å². The highest BCUT2D eigenvalue weighted by molar-refractivity contribution is 9.10. The first-order valence-electron chi connectivity index (χ1n) is 6.14. The van der Waals surface area contributed by atoms with Gasteiger partial charge in [0.1, 0.15) is 5.75 Å². The van der Waals surface area contributed by atoms with E-state index in [2.05, 4.69) is 21.0 Å². The fraction of sp³-hybridized carbons (Fsp3) is 0.143. The predicted molar refractivity (Wildman–Crippen MR) is 84.1 cm³/mol. The number of benzene rings is 2. The molecule has 2 aromatic rings. The first-order chi connectivity index (χ1) is 9.61. The second-order valence-electron chi connectivity index (χ2n) is 3.94. The maximum absolute atomic E-state index is 12.7.